The molecule has 0 radical (unpaired) electrons. The van der Waals surface area contributed by atoms with Crippen molar-refractivity contribution >= 4 is 18.2 Å². The van der Waals surface area contributed by atoms with Gasteiger partial charge in [0.2, 0.25) is 12.5 Å². The molecule has 2 amide bonds. The predicted octanol–water partition coefficient (Wildman–Crippen LogP) is 3.79. The smallest absolute Gasteiger partial charge is 0.493 e. The van der Waals surface area contributed by atoms with E-state index in [4.69, 9.17) is 38.9 Å². The highest BCUT2D eigenvalue weighted by atomic mass is 16.7. The lowest BCUT2D eigenvalue weighted by molar-refractivity contribution is -0.141. The van der Waals surface area contributed by atoms with E-state index in [0.717, 1.165) is 5.56 Å². The van der Waals surface area contributed by atoms with Crippen LogP contribution >= 0.6 is 0 Å². The first kappa shape index (κ1) is 27.1. The molecule has 42 heavy (non-hydrogen) atoms. The first-order valence-electron chi connectivity index (χ1n) is 13.2. The highest BCUT2D eigenvalue weighted by Crippen LogP contribution is 2.55. The van der Waals surface area contributed by atoms with E-state index in [-0.39, 0.29) is 37.3 Å². The molecule has 1 fully saturated rings. The van der Waals surface area contributed by atoms with Gasteiger partial charge in [-0.25, -0.2) is 9.59 Å². The van der Waals surface area contributed by atoms with E-state index in [9.17, 15) is 14.4 Å². The van der Waals surface area contributed by atoms with Crippen molar-refractivity contribution in [2.45, 2.75) is 18.6 Å². The highest BCUT2D eigenvalue weighted by Gasteiger charge is 2.53. The monoisotopic (exact) mass is 576 g/mol. The van der Waals surface area contributed by atoms with Crippen LogP contribution in [0.3, 0.4) is 0 Å². The average molecular weight is 577 g/mol. The van der Waals surface area contributed by atoms with Crippen LogP contribution in [0.25, 0.3) is 0 Å². The number of hydrogen-bond acceptors (Lipinski definition) is 10. The molecule has 12 nitrogen and oxygen atoms in total. The van der Waals surface area contributed by atoms with Gasteiger partial charge in [0.15, 0.2) is 23.0 Å². The zero-order valence-electron chi connectivity index (χ0n) is 22.8. The maximum atomic E-state index is 13.2. The standard InChI is InChI=1S/C30H28N2O10/c1-36-22-8-16(9-23(37-2)27(22)42-30(35)39-12-15-6-4-3-5-7-15)24-17-10-20-21(41-14-40-20)11-18(17)26(32-29(31)34)19-13-38-28(33)25(19)24/h3-11,19,24-26H,12-14H2,1-2H3,(H3,31,32,34). The molecule has 2 aliphatic heterocycles. The van der Waals surface area contributed by atoms with Crippen LogP contribution in [0.2, 0.25) is 0 Å². The SMILES string of the molecule is COc1cc(C2c3cc4c(cc3C(NC(N)=O)C3COC(=O)C23)OCO4)cc(OC)c1OC(=O)OCc1ccccc1. The lowest BCUT2D eigenvalue weighted by Crippen LogP contribution is -2.44. The summed E-state index contributed by atoms with van der Waals surface area (Å²) < 4.78 is 38.8. The minimum Gasteiger partial charge on any atom is -0.493 e. The average Bonchev–Trinajstić information content (AvgIpc) is 3.62. The number of cyclic esters (lactones) is 1. The third kappa shape index (κ3) is 4.84. The van der Waals surface area contributed by atoms with Gasteiger partial charge in [0.1, 0.15) is 6.61 Å². The minimum absolute atomic E-state index is 0.0161. The van der Waals surface area contributed by atoms with Crippen LogP contribution in [0.5, 0.6) is 28.7 Å². The minimum atomic E-state index is -0.946. The summed E-state index contributed by atoms with van der Waals surface area (Å²) in [5.74, 6) is -0.707. The Morgan fingerprint density at radius 3 is 2.26 bits per heavy atom. The molecule has 6 rings (SSSR count). The topological polar surface area (TPSA) is 154 Å². The number of rotatable bonds is 7. The number of primary amides is 1. The summed E-state index contributed by atoms with van der Waals surface area (Å²) in [6, 6.07) is 14.8. The van der Waals surface area contributed by atoms with Crippen molar-refractivity contribution in [3.8, 4) is 28.7 Å². The number of urea groups is 1. The number of nitrogens with one attached hydrogen (secondary N) is 1. The molecule has 12 heteroatoms. The molecule has 3 aromatic carbocycles. The Hall–Kier alpha value is -5.13. The molecular weight excluding hydrogens is 548 g/mol. The van der Waals surface area contributed by atoms with Gasteiger partial charge in [-0.1, -0.05) is 30.3 Å². The summed E-state index contributed by atoms with van der Waals surface area (Å²) in [6.45, 7) is 0.143. The molecule has 3 aromatic rings. The van der Waals surface area contributed by atoms with Gasteiger partial charge in [-0.2, -0.15) is 0 Å². The Labute approximate surface area is 240 Å². The van der Waals surface area contributed by atoms with Gasteiger partial charge in [0, 0.05) is 11.8 Å². The maximum absolute atomic E-state index is 13.2. The van der Waals surface area contributed by atoms with Crippen LogP contribution in [0, 0.1) is 11.8 Å². The summed E-state index contributed by atoms with van der Waals surface area (Å²) in [5, 5.41) is 2.78. The quantitative estimate of drug-likeness (QED) is 0.314. The Morgan fingerprint density at radius 2 is 1.62 bits per heavy atom. The molecule has 1 aliphatic carbocycles. The predicted molar refractivity (Wildman–Crippen MR) is 145 cm³/mol. The third-order valence-electron chi connectivity index (χ3n) is 7.71. The van der Waals surface area contributed by atoms with Gasteiger partial charge in [0.05, 0.1) is 32.8 Å². The highest BCUT2D eigenvalue weighted by molar-refractivity contribution is 5.80. The van der Waals surface area contributed by atoms with Crippen LogP contribution in [0.1, 0.15) is 34.2 Å². The summed E-state index contributed by atoms with van der Waals surface area (Å²) in [6.07, 6.45) is -0.946. The van der Waals surface area contributed by atoms with Gasteiger partial charge >= 0.3 is 18.2 Å². The zero-order valence-corrected chi connectivity index (χ0v) is 22.8. The number of methoxy groups -OCH3 is 2. The third-order valence-corrected chi connectivity index (χ3v) is 7.71. The van der Waals surface area contributed by atoms with Crippen LogP contribution < -0.4 is 34.7 Å². The molecule has 0 spiro atoms. The van der Waals surface area contributed by atoms with Crippen LogP contribution in [-0.4, -0.2) is 45.8 Å². The molecule has 0 aromatic heterocycles. The van der Waals surface area contributed by atoms with Crippen molar-refractivity contribution in [1.82, 2.24) is 5.32 Å². The van der Waals surface area contributed by atoms with E-state index in [2.05, 4.69) is 5.32 Å². The number of esters is 1. The normalized spacial score (nSPS) is 21.4. The second kappa shape index (κ2) is 11.0. The van der Waals surface area contributed by atoms with E-state index in [0.29, 0.717) is 28.2 Å². The number of ether oxygens (including phenoxy) is 7. The van der Waals surface area contributed by atoms with Crippen molar-refractivity contribution in [3.63, 3.8) is 0 Å². The van der Waals surface area contributed by atoms with E-state index < -0.39 is 42.0 Å². The lowest BCUT2D eigenvalue weighted by Gasteiger charge is -2.39. The first-order valence-corrected chi connectivity index (χ1v) is 13.2. The van der Waals surface area contributed by atoms with Gasteiger partial charge < -0.3 is 44.2 Å². The van der Waals surface area contributed by atoms with Crippen molar-refractivity contribution in [3.05, 3.63) is 76.9 Å². The van der Waals surface area contributed by atoms with Crippen LogP contribution in [-0.2, 0) is 20.9 Å². The number of carbonyl (C=O) groups is 3. The molecule has 1 saturated heterocycles. The van der Waals surface area contributed by atoms with Crippen molar-refractivity contribution in [1.29, 1.82) is 0 Å². The number of benzene rings is 3. The summed E-state index contributed by atoms with van der Waals surface area (Å²) in [7, 11) is 2.85. The molecule has 2 heterocycles. The molecular formula is C30H28N2O10. The molecule has 3 N–H and O–H groups in total. The van der Waals surface area contributed by atoms with E-state index in [1.807, 2.05) is 30.3 Å². The Morgan fingerprint density at radius 1 is 0.952 bits per heavy atom. The molecule has 4 atom stereocenters. The van der Waals surface area contributed by atoms with Gasteiger partial charge in [-0.05, 0) is 46.5 Å². The summed E-state index contributed by atoms with van der Waals surface area (Å²) in [5.41, 5.74) is 8.37. The molecule has 0 saturated carbocycles. The fraction of sp³-hybridized carbons (Fsp3) is 0.300. The van der Waals surface area contributed by atoms with E-state index >= 15 is 0 Å². The van der Waals surface area contributed by atoms with Crippen molar-refractivity contribution in [2.75, 3.05) is 27.6 Å². The Balaban J connectivity index is 1.40. The molecule has 0 bridgehead atoms. The second-order valence-corrected chi connectivity index (χ2v) is 10.00. The summed E-state index contributed by atoms with van der Waals surface area (Å²) >= 11 is 0. The Bertz CT molecular complexity index is 1520. The second-order valence-electron chi connectivity index (χ2n) is 10.00. The number of carbonyl (C=O) groups excluding carboxylic acids is 3. The zero-order chi connectivity index (χ0) is 29.4. The largest absolute Gasteiger partial charge is 0.514 e. The van der Waals surface area contributed by atoms with Crippen LogP contribution in [0.15, 0.2) is 54.6 Å². The van der Waals surface area contributed by atoms with Crippen molar-refractivity contribution < 1.29 is 47.5 Å². The summed E-state index contributed by atoms with van der Waals surface area (Å²) in [4.78, 5) is 37.8. The Kier molecular flexibility index (Phi) is 7.11. The van der Waals surface area contributed by atoms with Gasteiger partial charge in [-0.3, -0.25) is 4.79 Å². The molecule has 4 unspecified atom stereocenters. The number of fused-ring (bicyclic) bond motifs is 3. The fourth-order valence-corrected chi connectivity index (χ4v) is 5.91. The van der Waals surface area contributed by atoms with E-state index in [1.165, 1.54) is 14.2 Å². The maximum Gasteiger partial charge on any atom is 0.514 e. The lowest BCUT2D eigenvalue weighted by atomic mass is 9.65. The first-order chi connectivity index (χ1) is 20.4. The number of nitrogens with two attached hydrogens (primary N) is 1. The van der Waals surface area contributed by atoms with Gasteiger partial charge in [-0.15, -0.1) is 0 Å². The van der Waals surface area contributed by atoms with Gasteiger partial charge in [0.25, 0.3) is 0 Å². The van der Waals surface area contributed by atoms with E-state index in [1.54, 1.807) is 24.3 Å². The number of amides is 2. The van der Waals surface area contributed by atoms with Crippen molar-refractivity contribution in [2.24, 2.45) is 17.6 Å². The van der Waals surface area contributed by atoms with Crippen LogP contribution in [0.4, 0.5) is 9.59 Å². The molecule has 3 aliphatic rings. The fourth-order valence-electron chi connectivity index (χ4n) is 5.91. The molecule has 218 valence electrons. The number of hydrogen-bond donors (Lipinski definition) is 2.